The number of aryl methyl sites for hydroxylation is 1. The summed E-state index contributed by atoms with van der Waals surface area (Å²) in [6.45, 7) is 4.66. The zero-order chi connectivity index (χ0) is 28.2. The Morgan fingerprint density at radius 3 is 2.66 bits per heavy atom. The molecule has 2 saturated heterocycles. The SMILES string of the molecule is Cc1ccnc(NC(=O)c2ccc(Oc3ccnc4[nH]nc(N[C@@H]5CCCN(C(=O)C6CCOCC6)C5)c34)cc2)c1. The largest absolute Gasteiger partial charge is 0.456 e. The van der Waals surface area contributed by atoms with Crippen LogP contribution in [0.5, 0.6) is 11.5 Å². The Hall–Kier alpha value is -4.51. The second-order valence-electron chi connectivity index (χ2n) is 10.6. The molecular weight excluding hydrogens is 522 g/mol. The van der Waals surface area contributed by atoms with Crippen molar-refractivity contribution in [2.75, 3.05) is 36.9 Å². The summed E-state index contributed by atoms with van der Waals surface area (Å²) < 4.78 is 11.7. The van der Waals surface area contributed by atoms with Gasteiger partial charge in [-0.1, -0.05) is 0 Å². The average molecular weight is 556 g/mol. The highest BCUT2D eigenvalue weighted by atomic mass is 16.5. The number of fused-ring (bicyclic) bond motifs is 1. The number of hydrogen-bond donors (Lipinski definition) is 3. The second kappa shape index (κ2) is 11.9. The molecule has 2 aliphatic heterocycles. The molecule has 41 heavy (non-hydrogen) atoms. The maximum Gasteiger partial charge on any atom is 0.256 e. The van der Waals surface area contributed by atoms with Crippen LogP contribution in [0.25, 0.3) is 11.0 Å². The van der Waals surface area contributed by atoms with Crippen LogP contribution < -0.4 is 15.4 Å². The molecule has 0 radical (unpaired) electrons. The Morgan fingerprint density at radius 2 is 1.85 bits per heavy atom. The van der Waals surface area contributed by atoms with E-state index in [-0.39, 0.29) is 23.8 Å². The first kappa shape index (κ1) is 26.7. The van der Waals surface area contributed by atoms with Crippen LogP contribution in [0.1, 0.15) is 41.6 Å². The van der Waals surface area contributed by atoms with Crippen molar-refractivity contribution >= 4 is 34.5 Å². The van der Waals surface area contributed by atoms with Crippen LogP contribution in [0.3, 0.4) is 0 Å². The van der Waals surface area contributed by atoms with E-state index in [0.717, 1.165) is 43.2 Å². The van der Waals surface area contributed by atoms with Crippen molar-refractivity contribution in [1.29, 1.82) is 0 Å². The molecule has 3 N–H and O–H groups in total. The predicted octanol–water partition coefficient (Wildman–Crippen LogP) is 4.54. The van der Waals surface area contributed by atoms with E-state index in [4.69, 9.17) is 9.47 Å². The zero-order valence-corrected chi connectivity index (χ0v) is 22.9. The van der Waals surface area contributed by atoms with E-state index in [1.807, 2.05) is 24.0 Å². The number of anilines is 2. The van der Waals surface area contributed by atoms with Crippen LogP contribution in [0.2, 0.25) is 0 Å². The van der Waals surface area contributed by atoms with Gasteiger partial charge in [-0.15, -0.1) is 0 Å². The highest BCUT2D eigenvalue weighted by Crippen LogP contribution is 2.34. The Morgan fingerprint density at radius 1 is 1.05 bits per heavy atom. The lowest BCUT2D eigenvalue weighted by atomic mass is 9.96. The molecule has 1 aromatic carbocycles. The number of carbonyl (C=O) groups is 2. The average Bonchev–Trinajstić information content (AvgIpc) is 3.41. The van der Waals surface area contributed by atoms with E-state index in [0.29, 0.717) is 54.1 Å². The molecule has 2 aliphatic rings. The first-order chi connectivity index (χ1) is 20.0. The molecule has 11 heteroatoms. The van der Waals surface area contributed by atoms with Gasteiger partial charge in [-0.3, -0.25) is 14.7 Å². The van der Waals surface area contributed by atoms with Crippen molar-refractivity contribution in [2.45, 2.75) is 38.6 Å². The van der Waals surface area contributed by atoms with Gasteiger partial charge >= 0.3 is 0 Å². The van der Waals surface area contributed by atoms with Gasteiger partial charge in [0.25, 0.3) is 5.91 Å². The molecular formula is C30H33N7O4. The lowest BCUT2D eigenvalue weighted by molar-refractivity contribution is -0.139. The molecule has 0 bridgehead atoms. The van der Waals surface area contributed by atoms with Crippen LogP contribution in [0.15, 0.2) is 54.9 Å². The summed E-state index contributed by atoms with van der Waals surface area (Å²) in [6, 6.07) is 12.5. The van der Waals surface area contributed by atoms with Crippen molar-refractivity contribution in [1.82, 2.24) is 25.1 Å². The highest BCUT2D eigenvalue weighted by Gasteiger charge is 2.30. The van der Waals surface area contributed by atoms with E-state index in [9.17, 15) is 9.59 Å². The molecule has 4 aromatic rings. The third-order valence-electron chi connectivity index (χ3n) is 7.57. The minimum Gasteiger partial charge on any atom is -0.456 e. The number of benzene rings is 1. The number of likely N-dealkylation sites (tertiary alicyclic amines) is 1. The summed E-state index contributed by atoms with van der Waals surface area (Å²) in [4.78, 5) is 36.4. The number of ether oxygens (including phenoxy) is 2. The molecule has 11 nitrogen and oxygen atoms in total. The minimum absolute atomic E-state index is 0.0505. The number of nitrogens with one attached hydrogen (secondary N) is 3. The topological polar surface area (TPSA) is 134 Å². The lowest BCUT2D eigenvalue weighted by Gasteiger charge is -2.36. The van der Waals surface area contributed by atoms with E-state index >= 15 is 0 Å². The van der Waals surface area contributed by atoms with Gasteiger partial charge in [0, 0.05) is 62.3 Å². The molecule has 0 saturated carbocycles. The van der Waals surface area contributed by atoms with Crippen LogP contribution in [-0.4, -0.2) is 69.2 Å². The maximum atomic E-state index is 13.1. The molecule has 0 unspecified atom stereocenters. The molecule has 3 aromatic heterocycles. The quantitative estimate of drug-likeness (QED) is 0.303. The van der Waals surface area contributed by atoms with E-state index < -0.39 is 0 Å². The minimum atomic E-state index is -0.251. The normalized spacial score (nSPS) is 17.8. The molecule has 0 spiro atoms. The summed E-state index contributed by atoms with van der Waals surface area (Å²) in [5.41, 5.74) is 2.10. The van der Waals surface area contributed by atoms with Gasteiger partial charge in [-0.05, 0) is 74.6 Å². The smallest absolute Gasteiger partial charge is 0.256 e. The third-order valence-corrected chi connectivity index (χ3v) is 7.57. The molecule has 0 aliphatic carbocycles. The number of amides is 2. The monoisotopic (exact) mass is 555 g/mol. The van der Waals surface area contributed by atoms with Crippen LogP contribution >= 0.6 is 0 Å². The predicted molar refractivity (Wildman–Crippen MR) is 154 cm³/mol. The van der Waals surface area contributed by atoms with E-state index in [2.05, 4.69) is 30.8 Å². The summed E-state index contributed by atoms with van der Waals surface area (Å²) in [6.07, 6.45) is 6.76. The number of hydrogen-bond acceptors (Lipinski definition) is 8. The standard InChI is InChI=1S/C30H33N7O4/c1-19-8-12-31-25(17-19)34-29(38)20-4-6-23(7-5-20)41-24-9-13-32-27-26(24)28(36-35-27)33-22-3-2-14-37(18-22)30(39)21-10-15-40-16-11-21/h4-9,12-13,17,21-22H,2-3,10-11,14-16,18H2,1H3,(H,31,34,38)(H2,32,33,35,36)/t22-/m1/s1. The van der Waals surface area contributed by atoms with Crippen molar-refractivity contribution in [3.8, 4) is 11.5 Å². The van der Waals surface area contributed by atoms with Crippen molar-refractivity contribution < 1.29 is 19.1 Å². The van der Waals surface area contributed by atoms with Gasteiger partial charge in [0.2, 0.25) is 5.91 Å². The number of rotatable bonds is 7. The van der Waals surface area contributed by atoms with Crippen LogP contribution in [0, 0.1) is 12.8 Å². The number of pyridine rings is 2. The van der Waals surface area contributed by atoms with Crippen molar-refractivity contribution in [3.05, 3.63) is 66.0 Å². The lowest BCUT2D eigenvalue weighted by Crippen LogP contribution is -2.48. The molecule has 212 valence electrons. The number of carbonyl (C=O) groups excluding carboxylic acids is 2. The van der Waals surface area contributed by atoms with Crippen LogP contribution in [0.4, 0.5) is 11.6 Å². The molecule has 2 amide bonds. The first-order valence-electron chi connectivity index (χ1n) is 14.0. The number of H-pyrrole nitrogens is 1. The fraction of sp³-hybridized carbons (Fsp3) is 0.367. The zero-order valence-electron chi connectivity index (χ0n) is 22.9. The number of piperidine rings is 1. The summed E-state index contributed by atoms with van der Waals surface area (Å²) in [5, 5.41) is 14.5. The van der Waals surface area contributed by atoms with Crippen LogP contribution in [-0.2, 0) is 9.53 Å². The van der Waals surface area contributed by atoms with Gasteiger partial charge in [0.05, 0.1) is 0 Å². The molecule has 5 heterocycles. The number of nitrogens with zero attached hydrogens (tertiary/aromatic N) is 4. The second-order valence-corrected chi connectivity index (χ2v) is 10.6. The van der Waals surface area contributed by atoms with Gasteiger partial charge in [0.15, 0.2) is 11.5 Å². The number of aromatic amines is 1. The van der Waals surface area contributed by atoms with Crippen molar-refractivity contribution in [3.63, 3.8) is 0 Å². The first-order valence-corrected chi connectivity index (χ1v) is 14.0. The van der Waals surface area contributed by atoms with Gasteiger partial charge in [-0.25, -0.2) is 9.97 Å². The Bertz CT molecular complexity index is 1530. The molecule has 2 fully saturated rings. The Kier molecular flexibility index (Phi) is 7.77. The van der Waals surface area contributed by atoms with Gasteiger partial charge in [0.1, 0.15) is 22.7 Å². The van der Waals surface area contributed by atoms with Gasteiger partial charge < -0.3 is 25.0 Å². The van der Waals surface area contributed by atoms with E-state index in [1.165, 1.54) is 0 Å². The van der Waals surface area contributed by atoms with E-state index in [1.54, 1.807) is 42.7 Å². The molecule has 6 rings (SSSR count). The third kappa shape index (κ3) is 6.14. The Labute approximate surface area is 237 Å². The maximum absolute atomic E-state index is 13.1. The summed E-state index contributed by atoms with van der Waals surface area (Å²) in [5.74, 6) is 2.32. The fourth-order valence-electron chi connectivity index (χ4n) is 5.40. The highest BCUT2D eigenvalue weighted by molar-refractivity contribution is 6.03. The Balaban J connectivity index is 1.14. The van der Waals surface area contributed by atoms with Crippen molar-refractivity contribution in [2.24, 2.45) is 5.92 Å². The fourth-order valence-corrected chi connectivity index (χ4v) is 5.40. The van der Waals surface area contributed by atoms with Gasteiger partial charge in [-0.2, -0.15) is 5.10 Å². The summed E-state index contributed by atoms with van der Waals surface area (Å²) in [7, 11) is 0. The summed E-state index contributed by atoms with van der Waals surface area (Å²) >= 11 is 0. The number of aromatic nitrogens is 4. The molecule has 1 atom stereocenters.